The molecule has 4 aliphatic carbocycles. The number of anilines is 1. The lowest BCUT2D eigenvalue weighted by atomic mass is 9.45. The summed E-state index contributed by atoms with van der Waals surface area (Å²) in [5.74, 6) is 1.13. The average Bonchev–Trinajstić information content (AvgIpc) is 3.08. The molecule has 1 aromatic carbocycles. The molecule has 0 heterocycles. The molecule has 1 unspecified atom stereocenters. The number of aliphatic hydroxyl groups excluding tert-OH is 1. The van der Waals surface area contributed by atoms with Crippen molar-refractivity contribution in [3.63, 3.8) is 0 Å². The van der Waals surface area contributed by atoms with Gasteiger partial charge in [0.15, 0.2) is 0 Å². The first-order valence-electron chi connectivity index (χ1n) is 12.1. The smallest absolute Gasteiger partial charge is 0.335 e. The number of rotatable bonds is 3. The second-order valence-electron chi connectivity index (χ2n) is 11.1. The molecule has 0 bridgehead atoms. The Bertz CT molecular complexity index is 957. The highest BCUT2D eigenvalue weighted by Crippen LogP contribution is 2.65. The minimum absolute atomic E-state index is 0.0000507. The first-order chi connectivity index (χ1) is 15.2. The van der Waals surface area contributed by atoms with Gasteiger partial charge < -0.3 is 10.2 Å². The van der Waals surface area contributed by atoms with Crippen molar-refractivity contribution in [2.45, 2.75) is 71.3 Å². The predicted octanol–water partition coefficient (Wildman–Crippen LogP) is 4.74. The maximum absolute atomic E-state index is 12.5. The van der Waals surface area contributed by atoms with Crippen molar-refractivity contribution in [2.24, 2.45) is 39.6 Å². The van der Waals surface area contributed by atoms with Crippen LogP contribution in [0.3, 0.4) is 0 Å². The molecule has 0 radical (unpaired) electrons. The second kappa shape index (κ2) is 7.68. The maximum atomic E-state index is 12.5. The Balaban J connectivity index is 1.46. The van der Waals surface area contributed by atoms with Gasteiger partial charge in [-0.3, -0.25) is 10.2 Å². The fourth-order valence-corrected chi connectivity index (χ4v) is 7.78. The lowest BCUT2D eigenvalue weighted by molar-refractivity contribution is -0.130. The van der Waals surface area contributed by atoms with Gasteiger partial charge in [0.05, 0.1) is 17.4 Å². The van der Waals surface area contributed by atoms with Crippen LogP contribution in [0.25, 0.3) is 0 Å². The van der Waals surface area contributed by atoms with Crippen LogP contribution in [0.5, 0.6) is 0 Å². The van der Waals surface area contributed by atoms with E-state index in [-0.39, 0.29) is 28.4 Å². The highest BCUT2D eigenvalue weighted by atomic mass is 16.4. The van der Waals surface area contributed by atoms with Crippen LogP contribution in [0.4, 0.5) is 5.69 Å². The number of ketones is 1. The van der Waals surface area contributed by atoms with E-state index < -0.39 is 5.97 Å². The molecule has 172 valence electrons. The Labute approximate surface area is 189 Å². The van der Waals surface area contributed by atoms with Crippen molar-refractivity contribution in [1.29, 1.82) is 0 Å². The van der Waals surface area contributed by atoms with Gasteiger partial charge in [-0.2, -0.15) is 5.10 Å². The van der Waals surface area contributed by atoms with Crippen LogP contribution in [0.15, 0.2) is 29.4 Å². The van der Waals surface area contributed by atoms with Crippen LogP contribution < -0.4 is 5.43 Å². The third-order valence-electron chi connectivity index (χ3n) is 9.71. The lowest BCUT2D eigenvalue weighted by Crippen LogP contribution is -2.57. The zero-order valence-electron chi connectivity index (χ0n) is 19.0. The van der Waals surface area contributed by atoms with E-state index in [1.807, 2.05) is 0 Å². The number of nitrogens with zero attached hydrogens (tertiary/aromatic N) is 1. The van der Waals surface area contributed by atoms with Gasteiger partial charge in [-0.05, 0) is 91.4 Å². The number of nitrogens with one attached hydrogen (secondary N) is 1. The molecule has 32 heavy (non-hydrogen) atoms. The third-order valence-corrected chi connectivity index (χ3v) is 9.71. The van der Waals surface area contributed by atoms with Gasteiger partial charge >= 0.3 is 5.97 Å². The number of carbonyl (C=O) groups is 2. The van der Waals surface area contributed by atoms with Crippen LogP contribution in [-0.4, -0.2) is 33.8 Å². The van der Waals surface area contributed by atoms with Gasteiger partial charge in [-0.25, -0.2) is 4.79 Å². The summed E-state index contributed by atoms with van der Waals surface area (Å²) >= 11 is 0. The molecule has 1 aromatic rings. The summed E-state index contributed by atoms with van der Waals surface area (Å²) in [4.78, 5) is 23.6. The number of hydrogen-bond donors (Lipinski definition) is 3. The number of hydrogen-bond acceptors (Lipinski definition) is 5. The van der Waals surface area contributed by atoms with Crippen molar-refractivity contribution in [3.8, 4) is 0 Å². The van der Waals surface area contributed by atoms with Crippen LogP contribution >= 0.6 is 0 Å². The first kappa shape index (κ1) is 21.6. The maximum Gasteiger partial charge on any atom is 0.335 e. The molecule has 4 saturated carbocycles. The molecule has 7 atom stereocenters. The van der Waals surface area contributed by atoms with Crippen molar-refractivity contribution >= 4 is 23.2 Å². The molecule has 0 aliphatic heterocycles. The summed E-state index contributed by atoms with van der Waals surface area (Å²) in [6.07, 6.45) is 7.02. The van der Waals surface area contributed by atoms with Gasteiger partial charge in [-0.1, -0.05) is 13.8 Å². The summed E-state index contributed by atoms with van der Waals surface area (Å²) in [5.41, 5.74) is 5.29. The minimum atomic E-state index is -0.947. The molecule has 0 spiro atoms. The van der Waals surface area contributed by atoms with Crippen LogP contribution in [0.2, 0.25) is 0 Å². The Morgan fingerprint density at radius 2 is 1.75 bits per heavy atom. The number of benzene rings is 1. The molecule has 4 fully saturated rings. The third kappa shape index (κ3) is 3.30. The van der Waals surface area contributed by atoms with Crippen molar-refractivity contribution in [3.05, 3.63) is 29.8 Å². The van der Waals surface area contributed by atoms with Crippen LogP contribution in [-0.2, 0) is 4.79 Å². The standard InChI is InChI=1S/C26H34N2O4/c1-25-11-9-17(29)13-21(25)22(28-27-16-5-3-15(4-6-16)24(31)32)14-18-19-7-8-23(30)26(19,2)12-10-20(18)25/h3-6,18-21,23,27,30H,7-14H2,1-2H3,(H,31,32)/t18-,19-,20-,21?,23-,25+,26-/m0/s1. The summed E-state index contributed by atoms with van der Waals surface area (Å²) < 4.78 is 0. The molecule has 4 aliphatic rings. The van der Waals surface area contributed by atoms with Gasteiger partial charge in [0.25, 0.3) is 0 Å². The number of carboxylic acid groups (broad SMARTS) is 1. The van der Waals surface area contributed by atoms with E-state index in [0.717, 1.165) is 49.9 Å². The number of carboxylic acids is 1. The van der Waals surface area contributed by atoms with Crippen molar-refractivity contribution in [2.75, 3.05) is 5.43 Å². The SMILES string of the molecule is C[C@]12CC[C@H]3[C@@H](CC(=NNc4ccc(C(=O)O)cc4)C4CC(=O)CC[C@@]43C)[C@@H]1CC[C@@H]2O. The van der Waals surface area contributed by atoms with Gasteiger partial charge in [0, 0.05) is 24.5 Å². The summed E-state index contributed by atoms with van der Waals surface area (Å²) in [6, 6.07) is 6.61. The van der Waals surface area contributed by atoms with E-state index >= 15 is 0 Å². The van der Waals surface area contributed by atoms with Crippen molar-refractivity contribution in [1.82, 2.24) is 0 Å². The number of hydrazone groups is 1. The van der Waals surface area contributed by atoms with E-state index in [9.17, 15) is 14.7 Å². The second-order valence-corrected chi connectivity index (χ2v) is 11.1. The van der Waals surface area contributed by atoms with E-state index in [0.29, 0.717) is 36.4 Å². The molecule has 0 saturated heterocycles. The molecular formula is C26H34N2O4. The van der Waals surface area contributed by atoms with Gasteiger partial charge in [0.1, 0.15) is 5.78 Å². The van der Waals surface area contributed by atoms with Gasteiger partial charge in [-0.15, -0.1) is 0 Å². The quantitative estimate of drug-likeness (QED) is 0.592. The Hall–Kier alpha value is -2.21. The zero-order valence-corrected chi connectivity index (χ0v) is 19.0. The zero-order chi connectivity index (χ0) is 22.7. The molecule has 3 N–H and O–H groups in total. The van der Waals surface area contributed by atoms with E-state index in [1.54, 1.807) is 24.3 Å². The Morgan fingerprint density at radius 1 is 1.03 bits per heavy atom. The number of fused-ring (bicyclic) bond motifs is 5. The largest absolute Gasteiger partial charge is 0.478 e. The van der Waals surface area contributed by atoms with Crippen molar-refractivity contribution < 1.29 is 19.8 Å². The number of carbonyl (C=O) groups excluding carboxylic acids is 1. The molecule has 6 nitrogen and oxygen atoms in total. The van der Waals surface area contributed by atoms with E-state index in [1.165, 1.54) is 0 Å². The average molecular weight is 439 g/mol. The van der Waals surface area contributed by atoms with Crippen LogP contribution in [0, 0.1) is 34.5 Å². The highest BCUT2D eigenvalue weighted by molar-refractivity contribution is 5.94. The van der Waals surface area contributed by atoms with E-state index in [2.05, 4.69) is 19.3 Å². The fourth-order valence-electron chi connectivity index (χ4n) is 7.78. The number of aromatic carboxylic acids is 1. The number of aliphatic hydroxyl groups is 1. The summed E-state index contributed by atoms with van der Waals surface area (Å²) in [6.45, 7) is 4.66. The topological polar surface area (TPSA) is 99.0 Å². The number of Topliss-reactive ketones (excluding diaryl/α,β-unsaturated/α-hetero) is 1. The monoisotopic (exact) mass is 438 g/mol. The molecule has 0 aromatic heterocycles. The molecule has 0 amide bonds. The highest BCUT2D eigenvalue weighted by Gasteiger charge is 2.61. The Morgan fingerprint density at radius 3 is 2.47 bits per heavy atom. The lowest BCUT2D eigenvalue weighted by Gasteiger charge is -2.60. The first-order valence-corrected chi connectivity index (χ1v) is 12.1. The van der Waals surface area contributed by atoms with E-state index in [4.69, 9.17) is 10.2 Å². The molecule has 5 rings (SSSR count). The fraction of sp³-hybridized carbons (Fsp3) is 0.654. The van der Waals surface area contributed by atoms with Gasteiger partial charge in [0.2, 0.25) is 0 Å². The summed E-state index contributed by atoms with van der Waals surface area (Å²) in [5, 5.41) is 24.7. The van der Waals surface area contributed by atoms with Crippen LogP contribution in [0.1, 0.15) is 75.6 Å². The normalized spacial score (nSPS) is 42.2. The molecular weight excluding hydrogens is 404 g/mol. The predicted molar refractivity (Wildman–Crippen MR) is 123 cm³/mol. The minimum Gasteiger partial charge on any atom is -0.478 e. The molecule has 6 heteroatoms. The Kier molecular flexibility index (Phi) is 5.19. The summed E-state index contributed by atoms with van der Waals surface area (Å²) in [7, 11) is 0.